The van der Waals surface area contributed by atoms with Crippen molar-refractivity contribution in [1.29, 1.82) is 0 Å². The fraction of sp³-hybridized carbons (Fsp3) is 0.286. The number of pyridine rings is 1. The zero-order chi connectivity index (χ0) is 16.5. The van der Waals surface area contributed by atoms with E-state index in [1.54, 1.807) is 0 Å². The molecule has 2 unspecified atom stereocenters. The molecule has 2 heteroatoms. The van der Waals surface area contributed by atoms with Crippen LogP contribution in [-0.4, -0.2) is 11.1 Å². The summed E-state index contributed by atoms with van der Waals surface area (Å²) in [7, 11) is 2.58. The van der Waals surface area contributed by atoms with E-state index in [-0.39, 0.29) is 0 Å². The molecule has 0 fully saturated rings. The minimum Gasteiger partial charge on any atom is -0.257 e. The third-order valence-corrected chi connectivity index (χ3v) is 3.88. The first kappa shape index (κ1) is 17.6. The van der Waals surface area contributed by atoms with E-state index in [0.717, 1.165) is 18.5 Å². The van der Waals surface area contributed by atoms with Gasteiger partial charge in [-0.15, -0.1) is 9.24 Å². The Morgan fingerprint density at radius 1 is 1.17 bits per heavy atom. The molecular formula is C21H26NP. The van der Waals surface area contributed by atoms with Crippen LogP contribution in [0.5, 0.6) is 0 Å². The molecule has 1 heterocycles. The van der Waals surface area contributed by atoms with Gasteiger partial charge in [0.25, 0.3) is 0 Å². The maximum absolute atomic E-state index is 4.58. The molecule has 2 atom stereocenters. The fourth-order valence-electron chi connectivity index (χ4n) is 2.91. The Hall–Kier alpha value is -1.72. The second-order valence-electron chi connectivity index (χ2n) is 5.57. The second-order valence-corrected chi connectivity index (χ2v) is 6.38. The van der Waals surface area contributed by atoms with E-state index < -0.39 is 0 Å². The van der Waals surface area contributed by atoms with Crippen molar-refractivity contribution in [3.63, 3.8) is 0 Å². The maximum Gasteiger partial charge on any atom is 0.0670 e. The molecule has 0 radical (unpaired) electrons. The van der Waals surface area contributed by atoms with Gasteiger partial charge in [0.2, 0.25) is 0 Å². The van der Waals surface area contributed by atoms with Crippen LogP contribution < -0.4 is 10.4 Å². The van der Waals surface area contributed by atoms with E-state index in [4.69, 9.17) is 0 Å². The number of allylic oxidation sites excluding steroid dienone is 2. The van der Waals surface area contributed by atoms with Gasteiger partial charge in [-0.25, -0.2) is 0 Å². The van der Waals surface area contributed by atoms with Gasteiger partial charge in [-0.1, -0.05) is 55.5 Å². The molecule has 2 aromatic rings. The molecule has 120 valence electrons. The highest BCUT2D eigenvalue weighted by Gasteiger charge is 2.18. The lowest BCUT2D eigenvalue weighted by molar-refractivity contribution is 0.698. The van der Waals surface area contributed by atoms with Crippen LogP contribution in [0, 0.1) is 5.92 Å². The molecule has 0 amide bonds. The van der Waals surface area contributed by atoms with Crippen LogP contribution in [0.1, 0.15) is 32.4 Å². The average Bonchev–Trinajstić information content (AvgIpc) is 2.61. The molecule has 1 aliphatic carbocycles. The first-order chi connectivity index (χ1) is 11.3. The lowest BCUT2D eigenvalue weighted by Crippen LogP contribution is -2.33. The lowest BCUT2D eigenvalue weighted by Gasteiger charge is -2.21. The average molecular weight is 323 g/mol. The molecule has 1 aromatic heterocycles. The zero-order valence-electron chi connectivity index (χ0n) is 14.1. The smallest absolute Gasteiger partial charge is 0.0670 e. The number of aromatic nitrogens is 1. The normalized spacial score (nSPS) is 16.3. The third kappa shape index (κ3) is 4.62. The van der Waals surface area contributed by atoms with E-state index in [1.807, 2.05) is 12.3 Å². The van der Waals surface area contributed by atoms with Crippen molar-refractivity contribution in [3.8, 4) is 0 Å². The summed E-state index contributed by atoms with van der Waals surface area (Å²) in [4.78, 5) is 4.58. The molecule has 0 N–H and O–H groups in total. The van der Waals surface area contributed by atoms with Gasteiger partial charge in [-0.2, -0.15) is 0 Å². The number of benzene rings is 1. The first-order valence-corrected chi connectivity index (χ1v) is 9.15. The van der Waals surface area contributed by atoms with Gasteiger partial charge in [0.1, 0.15) is 0 Å². The second kappa shape index (κ2) is 9.43. The molecule has 1 aliphatic rings. The molecule has 1 aromatic carbocycles. The number of hydrogen-bond acceptors (Lipinski definition) is 1. The van der Waals surface area contributed by atoms with E-state index in [9.17, 15) is 0 Å². The fourth-order valence-corrected chi connectivity index (χ4v) is 2.91. The van der Waals surface area contributed by atoms with Crippen molar-refractivity contribution in [2.75, 3.05) is 6.16 Å². The van der Waals surface area contributed by atoms with Gasteiger partial charge in [-0.05, 0) is 60.0 Å². The van der Waals surface area contributed by atoms with Crippen LogP contribution in [0.4, 0.5) is 0 Å². The summed E-state index contributed by atoms with van der Waals surface area (Å²) < 4.78 is 0. The molecular weight excluding hydrogens is 297 g/mol. The van der Waals surface area contributed by atoms with E-state index in [1.165, 1.54) is 22.2 Å². The Balaban J connectivity index is 0.000000595. The van der Waals surface area contributed by atoms with E-state index in [2.05, 4.69) is 82.7 Å². The van der Waals surface area contributed by atoms with Crippen LogP contribution >= 0.6 is 9.24 Å². The highest BCUT2D eigenvalue weighted by Crippen LogP contribution is 2.27. The summed E-state index contributed by atoms with van der Waals surface area (Å²) in [5, 5.41) is 2.68. The molecule has 0 saturated carbocycles. The van der Waals surface area contributed by atoms with Gasteiger partial charge >= 0.3 is 0 Å². The highest BCUT2D eigenvalue weighted by atomic mass is 31.0. The van der Waals surface area contributed by atoms with E-state index in [0.29, 0.717) is 5.92 Å². The summed E-state index contributed by atoms with van der Waals surface area (Å²) >= 11 is 0. The topological polar surface area (TPSA) is 12.9 Å². The molecule has 1 nitrogen and oxygen atoms in total. The largest absolute Gasteiger partial charge is 0.257 e. The van der Waals surface area contributed by atoms with Crippen molar-refractivity contribution < 1.29 is 0 Å². The molecule has 0 spiro atoms. The minimum absolute atomic E-state index is 0.524. The summed E-state index contributed by atoms with van der Waals surface area (Å²) in [6.45, 7) is 4.17. The molecule has 3 rings (SSSR count). The van der Waals surface area contributed by atoms with Gasteiger partial charge in [0.15, 0.2) is 0 Å². The number of rotatable bonds is 3. The monoisotopic (exact) mass is 323 g/mol. The predicted octanol–water partition coefficient (Wildman–Crippen LogP) is 3.93. The zero-order valence-corrected chi connectivity index (χ0v) is 15.2. The third-order valence-electron chi connectivity index (χ3n) is 3.88. The standard InChI is InChI=1S/C19H19N.C2H7P/c1-2-3-8-16-13-12-15-9-4-5-10-17(15)19(16)18-11-6-7-14-20-18;1-2-3/h2-7,9-12,14,16H,8,13H2,1H3;2-3H2,1H3. The maximum atomic E-state index is 4.58. The Morgan fingerprint density at radius 3 is 2.61 bits per heavy atom. The van der Waals surface area contributed by atoms with E-state index >= 15 is 0 Å². The molecule has 0 saturated heterocycles. The first-order valence-electron chi connectivity index (χ1n) is 8.33. The number of nitrogens with zero attached hydrogens (tertiary/aromatic N) is 1. The van der Waals surface area contributed by atoms with Crippen LogP contribution in [-0.2, 0) is 0 Å². The Labute approximate surface area is 142 Å². The van der Waals surface area contributed by atoms with Crippen LogP contribution in [0.2, 0.25) is 0 Å². The minimum atomic E-state index is 0.524. The van der Waals surface area contributed by atoms with Crippen molar-refractivity contribution >= 4 is 20.9 Å². The molecule has 0 aliphatic heterocycles. The Morgan fingerprint density at radius 2 is 1.91 bits per heavy atom. The Bertz CT molecular complexity index is 747. The SMILES string of the molecule is CC=CCC1CC=c2ccccc2=C1c1ccccn1.CCP. The summed E-state index contributed by atoms with van der Waals surface area (Å²) in [5.74, 6) is 0.524. The summed E-state index contributed by atoms with van der Waals surface area (Å²) in [6, 6.07) is 14.8. The quantitative estimate of drug-likeness (QED) is 0.616. The van der Waals surface area contributed by atoms with Crippen molar-refractivity contribution in [2.45, 2.75) is 26.7 Å². The number of hydrogen-bond donors (Lipinski definition) is 0. The predicted molar refractivity (Wildman–Crippen MR) is 105 cm³/mol. The van der Waals surface area contributed by atoms with Crippen molar-refractivity contribution in [1.82, 2.24) is 4.98 Å². The van der Waals surface area contributed by atoms with Crippen molar-refractivity contribution in [3.05, 3.63) is 76.9 Å². The summed E-state index contributed by atoms with van der Waals surface area (Å²) in [6.07, 6.45) is 12.0. The lowest BCUT2D eigenvalue weighted by atomic mass is 9.84. The van der Waals surface area contributed by atoms with Crippen LogP contribution in [0.15, 0.2) is 60.8 Å². The van der Waals surface area contributed by atoms with Crippen LogP contribution in [0.3, 0.4) is 0 Å². The molecule has 23 heavy (non-hydrogen) atoms. The Kier molecular flexibility index (Phi) is 7.23. The summed E-state index contributed by atoms with van der Waals surface area (Å²) in [5.41, 5.74) is 2.50. The highest BCUT2D eigenvalue weighted by molar-refractivity contribution is 7.16. The van der Waals surface area contributed by atoms with Gasteiger partial charge in [0.05, 0.1) is 5.69 Å². The van der Waals surface area contributed by atoms with Gasteiger partial charge < -0.3 is 0 Å². The van der Waals surface area contributed by atoms with Gasteiger partial charge in [-0.3, -0.25) is 4.98 Å². The molecule has 0 bridgehead atoms. The van der Waals surface area contributed by atoms with Crippen LogP contribution in [0.25, 0.3) is 11.6 Å². The van der Waals surface area contributed by atoms with Gasteiger partial charge in [0, 0.05) is 6.20 Å². The van der Waals surface area contributed by atoms with Crippen molar-refractivity contribution in [2.24, 2.45) is 5.92 Å². The number of fused-ring (bicyclic) bond motifs is 1.